The first-order chi connectivity index (χ1) is 11.0. The van der Waals surface area contributed by atoms with E-state index in [0.29, 0.717) is 18.5 Å². The fraction of sp³-hybridized carbons (Fsp3) is 0.263. The van der Waals surface area contributed by atoms with Gasteiger partial charge in [-0.3, -0.25) is 9.59 Å². The monoisotopic (exact) mass is 310 g/mol. The minimum Gasteiger partial charge on any atom is -0.385 e. The van der Waals surface area contributed by atoms with Gasteiger partial charge in [0.2, 0.25) is 5.91 Å². The Labute approximate surface area is 136 Å². The summed E-state index contributed by atoms with van der Waals surface area (Å²) in [7, 11) is 0. The summed E-state index contributed by atoms with van der Waals surface area (Å²) in [6, 6.07) is 13.2. The number of rotatable bonds is 6. The molecule has 0 aromatic heterocycles. The average Bonchev–Trinajstić information content (AvgIpc) is 2.51. The van der Waals surface area contributed by atoms with Gasteiger partial charge in [0.25, 0.3) is 0 Å². The van der Waals surface area contributed by atoms with Crippen LogP contribution in [0.2, 0.25) is 0 Å². The first-order valence-electron chi connectivity index (χ1n) is 7.67. The Morgan fingerprint density at radius 2 is 1.70 bits per heavy atom. The maximum atomic E-state index is 12.0. The van der Waals surface area contributed by atoms with Gasteiger partial charge >= 0.3 is 0 Å². The molecule has 2 rings (SSSR count). The number of carbonyl (C=O) groups is 2. The van der Waals surface area contributed by atoms with E-state index in [9.17, 15) is 9.59 Å². The molecule has 0 heterocycles. The van der Waals surface area contributed by atoms with Crippen LogP contribution in [0, 0.1) is 13.8 Å². The Hall–Kier alpha value is -2.62. The fourth-order valence-electron chi connectivity index (χ4n) is 2.23. The molecule has 23 heavy (non-hydrogen) atoms. The minimum absolute atomic E-state index is 0.0217. The summed E-state index contributed by atoms with van der Waals surface area (Å²) in [5, 5.41) is 6.12. The molecule has 0 saturated carbocycles. The molecule has 0 aliphatic heterocycles. The highest BCUT2D eigenvalue weighted by Gasteiger charge is 2.05. The van der Waals surface area contributed by atoms with Gasteiger partial charge in [-0.1, -0.05) is 12.1 Å². The summed E-state index contributed by atoms with van der Waals surface area (Å²) in [5.41, 5.74) is 4.62. The lowest BCUT2D eigenvalue weighted by atomic mass is 10.1. The van der Waals surface area contributed by atoms with Gasteiger partial charge in [0.05, 0.1) is 0 Å². The molecule has 1 amide bonds. The standard InChI is InChI=1S/C19H22N2O2/c1-13-4-5-14(2)18(12-13)21-19(23)10-11-20-17-8-6-16(7-9-17)15(3)22/h4-9,12,20H,10-11H2,1-3H3,(H,21,23). The topological polar surface area (TPSA) is 58.2 Å². The van der Waals surface area contributed by atoms with E-state index in [1.165, 1.54) is 0 Å². The Kier molecular flexibility index (Phi) is 5.52. The molecular weight excluding hydrogens is 288 g/mol. The highest BCUT2D eigenvalue weighted by molar-refractivity contribution is 5.94. The molecule has 0 radical (unpaired) electrons. The lowest BCUT2D eigenvalue weighted by molar-refractivity contribution is -0.115. The van der Waals surface area contributed by atoms with Crippen LogP contribution in [0.1, 0.15) is 34.8 Å². The number of amides is 1. The molecule has 4 heteroatoms. The zero-order valence-corrected chi connectivity index (χ0v) is 13.8. The largest absolute Gasteiger partial charge is 0.385 e. The van der Waals surface area contributed by atoms with Crippen LogP contribution in [0.25, 0.3) is 0 Å². The number of carbonyl (C=O) groups excluding carboxylic acids is 2. The van der Waals surface area contributed by atoms with Gasteiger partial charge < -0.3 is 10.6 Å². The molecule has 120 valence electrons. The second-order valence-electron chi connectivity index (χ2n) is 5.68. The smallest absolute Gasteiger partial charge is 0.226 e. The SMILES string of the molecule is CC(=O)c1ccc(NCCC(=O)Nc2cc(C)ccc2C)cc1. The van der Waals surface area contributed by atoms with Gasteiger partial charge in [0, 0.05) is 29.9 Å². The lowest BCUT2D eigenvalue weighted by Gasteiger charge is -2.10. The van der Waals surface area contributed by atoms with Crippen molar-refractivity contribution in [3.8, 4) is 0 Å². The van der Waals surface area contributed by atoms with Crippen LogP contribution < -0.4 is 10.6 Å². The zero-order valence-electron chi connectivity index (χ0n) is 13.8. The number of hydrogen-bond donors (Lipinski definition) is 2. The Balaban J connectivity index is 1.82. The molecule has 0 fully saturated rings. The number of hydrogen-bond acceptors (Lipinski definition) is 3. The van der Waals surface area contributed by atoms with Gasteiger partial charge in [-0.2, -0.15) is 0 Å². The van der Waals surface area contributed by atoms with Crippen molar-refractivity contribution in [2.24, 2.45) is 0 Å². The first kappa shape index (κ1) is 16.7. The predicted octanol–water partition coefficient (Wildman–Crippen LogP) is 3.95. The van der Waals surface area contributed by atoms with Crippen molar-refractivity contribution in [1.82, 2.24) is 0 Å². The zero-order chi connectivity index (χ0) is 16.8. The first-order valence-corrected chi connectivity index (χ1v) is 7.67. The molecule has 0 atom stereocenters. The molecule has 0 spiro atoms. The lowest BCUT2D eigenvalue weighted by Crippen LogP contribution is -2.17. The van der Waals surface area contributed by atoms with E-state index in [4.69, 9.17) is 0 Å². The maximum absolute atomic E-state index is 12.0. The van der Waals surface area contributed by atoms with Crippen molar-refractivity contribution in [2.75, 3.05) is 17.2 Å². The molecule has 0 aliphatic rings. The number of aryl methyl sites for hydroxylation is 2. The van der Waals surface area contributed by atoms with Crippen LogP contribution in [0.3, 0.4) is 0 Å². The molecule has 2 aromatic carbocycles. The molecule has 0 bridgehead atoms. The van der Waals surface area contributed by atoms with E-state index < -0.39 is 0 Å². The van der Waals surface area contributed by atoms with Crippen LogP contribution in [0.4, 0.5) is 11.4 Å². The van der Waals surface area contributed by atoms with Crippen molar-refractivity contribution in [1.29, 1.82) is 0 Å². The summed E-state index contributed by atoms with van der Waals surface area (Å²) in [6.45, 7) is 6.06. The molecule has 0 aliphatic carbocycles. The van der Waals surface area contributed by atoms with Gasteiger partial charge in [-0.05, 0) is 62.2 Å². The number of nitrogens with one attached hydrogen (secondary N) is 2. The molecule has 2 aromatic rings. The van der Waals surface area contributed by atoms with Crippen molar-refractivity contribution in [3.63, 3.8) is 0 Å². The summed E-state index contributed by atoms with van der Waals surface area (Å²) >= 11 is 0. The molecule has 4 nitrogen and oxygen atoms in total. The third-order valence-electron chi connectivity index (χ3n) is 3.64. The summed E-state index contributed by atoms with van der Waals surface area (Å²) in [4.78, 5) is 23.2. The Bertz CT molecular complexity index is 706. The summed E-state index contributed by atoms with van der Waals surface area (Å²) in [5.74, 6) is 0.0241. The maximum Gasteiger partial charge on any atom is 0.226 e. The third-order valence-corrected chi connectivity index (χ3v) is 3.64. The normalized spacial score (nSPS) is 10.2. The second-order valence-corrected chi connectivity index (χ2v) is 5.68. The molecule has 0 saturated heterocycles. The predicted molar refractivity (Wildman–Crippen MR) is 94.1 cm³/mol. The van der Waals surface area contributed by atoms with Crippen LogP contribution in [0.5, 0.6) is 0 Å². The number of benzene rings is 2. The van der Waals surface area contributed by atoms with Crippen molar-refractivity contribution < 1.29 is 9.59 Å². The number of Topliss-reactive ketones (excluding diaryl/α,β-unsaturated/α-hetero) is 1. The Morgan fingerprint density at radius 1 is 1.00 bits per heavy atom. The Morgan fingerprint density at radius 3 is 2.35 bits per heavy atom. The second kappa shape index (κ2) is 7.58. The van der Waals surface area contributed by atoms with Crippen LogP contribution in [-0.2, 0) is 4.79 Å². The number of anilines is 2. The van der Waals surface area contributed by atoms with E-state index in [1.807, 2.05) is 44.2 Å². The van der Waals surface area contributed by atoms with Crippen molar-refractivity contribution in [3.05, 3.63) is 59.2 Å². The third kappa shape index (κ3) is 4.95. The van der Waals surface area contributed by atoms with Gasteiger partial charge in [0.15, 0.2) is 5.78 Å². The quantitative estimate of drug-likeness (QED) is 0.794. The van der Waals surface area contributed by atoms with E-state index in [0.717, 1.165) is 22.5 Å². The molecule has 0 unspecified atom stereocenters. The van der Waals surface area contributed by atoms with Crippen molar-refractivity contribution >= 4 is 23.1 Å². The molecule has 2 N–H and O–H groups in total. The van der Waals surface area contributed by atoms with Crippen LogP contribution in [-0.4, -0.2) is 18.2 Å². The van der Waals surface area contributed by atoms with Crippen LogP contribution in [0.15, 0.2) is 42.5 Å². The summed E-state index contributed by atoms with van der Waals surface area (Å²) < 4.78 is 0. The fourth-order valence-corrected chi connectivity index (χ4v) is 2.23. The highest BCUT2D eigenvalue weighted by Crippen LogP contribution is 2.16. The summed E-state index contributed by atoms with van der Waals surface area (Å²) in [6.07, 6.45) is 0.377. The van der Waals surface area contributed by atoms with E-state index in [-0.39, 0.29) is 11.7 Å². The van der Waals surface area contributed by atoms with Gasteiger partial charge in [-0.15, -0.1) is 0 Å². The minimum atomic E-state index is -0.0217. The van der Waals surface area contributed by atoms with Gasteiger partial charge in [0.1, 0.15) is 0 Å². The number of ketones is 1. The van der Waals surface area contributed by atoms with E-state index in [1.54, 1.807) is 19.1 Å². The van der Waals surface area contributed by atoms with Crippen molar-refractivity contribution in [2.45, 2.75) is 27.2 Å². The molecular formula is C19H22N2O2. The van der Waals surface area contributed by atoms with Crippen LogP contribution >= 0.6 is 0 Å². The average molecular weight is 310 g/mol. The highest BCUT2D eigenvalue weighted by atomic mass is 16.1. The van der Waals surface area contributed by atoms with E-state index in [2.05, 4.69) is 10.6 Å². The van der Waals surface area contributed by atoms with E-state index >= 15 is 0 Å². The van der Waals surface area contributed by atoms with Gasteiger partial charge in [-0.25, -0.2) is 0 Å².